The number of nitrogens with zero attached hydrogens (tertiary/aromatic N) is 1. The van der Waals surface area contributed by atoms with Crippen LogP contribution in [0, 0.1) is 0 Å². The molecule has 3 heteroatoms. The lowest BCUT2D eigenvalue weighted by atomic mass is 10.1. The van der Waals surface area contributed by atoms with Crippen molar-refractivity contribution in [2.24, 2.45) is 0 Å². The van der Waals surface area contributed by atoms with Crippen molar-refractivity contribution in [3.63, 3.8) is 0 Å². The quantitative estimate of drug-likeness (QED) is 0.817. The molecule has 0 fully saturated rings. The Morgan fingerprint density at radius 1 is 1.11 bits per heavy atom. The lowest BCUT2D eigenvalue weighted by molar-refractivity contribution is 0.349. The van der Waals surface area contributed by atoms with Gasteiger partial charge >= 0.3 is 0 Å². The van der Waals surface area contributed by atoms with Gasteiger partial charge in [0.25, 0.3) is 0 Å². The highest BCUT2D eigenvalue weighted by atomic mass is 79.9. The van der Waals surface area contributed by atoms with E-state index in [2.05, 4.69) is 76.5 Å². The third kappa shape index (κ3) is 4.30. The normalized spacial score (nSPS) is 11.4. The Kier molecular flexibility index (Phi) is 5.37. The van der Waals surface area contributed by atoms with Crippen LogP contribution in [0.25, 0.3) is 10.8 Å². The van der Waals surface area contributed by atoms with E-state index in [-0.39, 0.29) is 0 Å². The van der Waals surface area contributed by atoms with Gasteiger partial charge in [-0.15, -0.1) is 0 Å². The number of likely N-dealkylation sites (N-methyl/N-ethyl adjacent to an activating group) is 1. The molecular formula is C16H21BrN2. The molecule has 2 aromatic rings. The maximum atomic E-state index is 3.51. The molecule has 19 heavy (non-hydrogen) atoms. The second kappa shape index (κ2) is 7.04. The van der Waals surface area contributed by atoms with Crippen molar-refractivity contribution < 1.29 is 0 Å². The van der Waals surface area contributed by atoms with E-state index < -0.39 is 0 Å². The fraction of sp³-hybridized carbons (Fsp3) is 0.375. The zero-order valence-electron chi connectivity index (χ0n) is 11.6. The van der Waals surface area contributed by atoms with Gasteiger partial charge in [-0.1, -0.05) is 41.1 Å². The van der Waals surface area contributed by atoms with Crippen LogP contribution in [-0.2, 0) is 6.54 Å². The Morgan fingerprint density at radius 2 is 1.84 bits per heavy atom. The van der Waals surface area contributed by atoms with Gasteiger partial charge in [-0.3, -0.25) is 0 Å². The molecule has 0 saturated heterocycles. The molecule has 0 heterocycles. The van der Waals surface area contributed by atoms with Crippen molar-refractivity contribution in [2.45, 2.75) is 13.5 Å². The second-order valence-electron chi connectivity index (χ2n) is 4.90. The maximum Gasteiger partial charge on any atom is 0.0206 e. The summed E-state index contributed by atoms with van der Waals surface area (Å²) in [5.41, 5.74) is 1.34. The van der Waals surface area contributed by atoms with E-state index in [1.54, 1.807) is 0 Å². The van der Waals surface area contributed by atoms with Gasteiger partial charge in [0.2, 0.25) is 0 Å². The van der Waals surface area contributed by atoms with Crippen molar-refractivity contribution in [3.05, 3.63) is 46.4 Å². The fourth-order valence-corrected chi connectivity index (χ4v) is 2.42. The van der Waals surface area contributed by atoms with Gasteiger partial charge in [-0.2, -0.15) is 0 Å². The molecule has 0 aliphatic heterocycles. The summed E-state index contributed by atoms with van der Waals surface area (Å²) in [6.45, 7) is 6.34. The minimum Gasteiger partial charge on any atom is -0.311 e. The van der Waals surface area contributed by atoms with Crippen LogP contribution in [0.4, 0.5) is 0 Å². The summed E-state index contributed by atoms with van der Waals surface area (Å²) in [5, 5.41) is 6.07. The number of hydrogen-bond donors (Lipinski definition) is 1. The van der Waals surface area contributed by atoms with Crippen LogP contribution in [0.3, 0.4) is 0 Å². The van der Waals surface area contributed by atoms with E-state index >= 15 is 0 Å². The molecule has 0 aliphatic rings. The number of rotatable bonds is 6. The van der Waals surface area contributed by atoms with Crippen LogP contribution >= 0.6 is 15.9 Å². The molecule has 0 unspecified atom stereocenters. The minimum absolute atomic E-state index is 0.934. The zero-order chi connectivity index (χ0) is 13.7. The number of benzene rings is 2. The van der Waals surface area contributed by atoms with Gasteiger partial charge in [-0.05, 0) is 48.1 Å². The van der Waals surface area contributed by atoms with Crippen molar-refractivity contribution in [3.8, 4) is 0 Å². The number of halogens is 1. The third-order valence-electron chi connectivity index (χ3n) is 3.41. The van der Waals surface area contributed by atoms with Crippen LogP contribution in [0.2, 0.25) is 0 Å². The summed E-state index contributed by atoms with van der Waals surface area (Å²) in [6, 6.07) is 13.1. The Bertz CT molecular complexity index is 539. The topological polar surface area (TPSA) is 15.3 Å². The summed E-state index contributed by atoms with van der Waals surface area (Å²) in [7, 11) is 2.15. The van der Waals surface area contributed by atoms with E-state index in [1.807, 2.05) is 0 Å². The summed E-state index contributed by atoms with van der Waals surface area (Å²) in [5.74, 6) is 0. The molecule has 0 atom stereocenters. The predicted molar refractivity (Wildman–Crippen MR) is 86.5 cm³/mol. The van der Waals surface area contributed by atoms with Crippen LogP contribution in [0.1, 0.15) is 12.5 Å². The Labute approximate surface area is 123 Å². The molecule has 0 radical (unpaired) electrons. The van der Waals surface area contributed by atoms with Gasteiger partial charge in [0, 0.05) is 24.1 Å². The van der Waals surface area contributed by atoms with Gasteiger partial charge < -0.3 is 10.2 Å². The Hall–Kier alpha value is -0.900. The van der Waals surface area contributed by atoms with Crippen LogP contribution in [0.15, 0.2) is 40.9 Å². The summed E-state index contributed by atoms with van der Waals surface area (Å²) in [4.78, 5) is 2.31. The smallest absolute Gasteiger partial charge is 0.0206 e. The van der Waals surface area contributed by atoms with Crippen molar-refractivity contribution in [1.82, 2.24) is 10.2 Å². The summed E-state index contributed by atoms with van der Waals surface area (Å²) < 4.78 is 1.13. The van der Waals surface area contributed by atoms with Crippen molar-refractivity contribution >= 4 is 26.7 Å². The second-order valence-corrected chi connectivity index (χ2v) is 5.81. The van der Waals surface area contributed by atoms with Gasteiger partial charge in [0.05, 0.1) is 0 Å². The molecule has 102 valence electrons. The first-order valence-electron chi connectivity index (χ1n) is 6.76. The highest BCUT2D eigenvalue weighted by molar-refractivity contribution is 9.10. The van der Waals surface area contributed by atoms with Gasteiger partial charge in [-0.25, -0.2) is 0 Å². The van der Waals surface area contributed by atoms with E-state index in [9.17, 15) is 0 Å². The minimum atomic E-state index is 0.934. The lowest BCUT2D eigenvalue weighted by Gasteiger charge is -2.14. The molecule has 2 nitrogen and oxygen atoms in total. The van der Waals surface area contributed by atoms with Gasteiger partial charge in [0.1, 0.15) is 0 Å². The molecular weight excluding hydrogens is 300 g/mol. The van der Waals surface area contributed by atoms with Crippen molar-refractivity contribution in [2.75, 3.05) is 26.7 Å². The molecule has 0 amide bonds. The maximum absolute atomic E-state index is 3.51. The van der Waals surface area contributed by atoms with Crippen molar-refractivity contribution in [1.29, 1.82) is 0 Å². The first-order chi connectivity index (χ1) is 9.19. The largest absolute Gasteiger partial charge is 0.311 e. The number of hydrogen-bond acceptors (Lipinski definition) is 2. The average molecular weight is 321 g/mol. The number of fused-ring (bicyclic) bond motifs is 1. The molecule has 0 aromatic heterocycles. The SMILES string of the molecule is CCN(C)CCNCc1ccc2cc(Br)ccc2c1. The van der Waals surface area contributed by atoms with Crippen LogP contribution < -0.4 is 5.32 Å². The van der Waals surface area contributed by atoms with Gasteiger partial charge in [0.15, 0.2) is 0 Å². The molecule has 0 aliphatic carbocycles. The molecule has 2 aromatic carbocycles. The Balaban J connectivity index is 1.92. The molecule has 0 bridgehead atoms. The highest BCUT2D eigenvalue weighted by Crippen LogP contribution is 2.20. The standard InChI is InChI=1S/C16H21BrN2/c1-3-19(2)9-8-18-12-13-4-5-15-11-16(17)7-6-14(15)10-13/h4-7,10-11,18H,3,8-9,12H2,1-2H3. The third-order valence-corrected chi connectivity index (χ3v) is 3.90. The first kappa shape index (κ1) is 14.5. The summed E-state index contributed by atoms with van der Waals surface area (Å²) in [6.07, 6.45) is 0. The van der Waals surface area contributed by atoms with E-state index in [0.29, 0.717) is 0 Å². The van der Waals surface area contributed by atoms with Crippen LogP contribution in [0.5, 0.6) is 0 Å². The summed E-state index contributed by atoms with van der Waals surface area (Å²) >= 11 is 3.51. The Morgan fingerprint density at radius 3 is 2.63 bits per heavy atom. The highest BCUT2D eigenvalue weighted by Gasteiger charge is 1.98. The monoisotopic (exact) mass is 320 g/mol. The van der Waals surface area contributed by atoms with E-state index in [1.165, 1.54) is 16.3 Å². The first-order valence-corrected chi connectivity index (χ1v) is 7.56. The molecule has 1 N–H and O–H groups in total. The van der Waals surface area contributed by atoms with Crippen LogP contribution in [-0.4, -0.2) is 31.6 Å². The molecule has 2 rings (SSSR count). The van der Waals surface area contributed by atoms with E-state index in [4.69, 9.17) is 0 Å². The average Bonchev–Trinajstić information content (AvgIpc) is 2.43. The lowest BCUT2D eigenvalue weighted by Crippen LogP contribution is -2.28. The zero-order valence-corrected chi connectivity index (χ0v) is 13.2. The molecule has 0 saturated carbocycles. The van der Waals surface area contributed by atoms with E-state index in [0.717, 1.165) is 30.7 Å². The number of nitrogens with one attached hydrogen (secondary N) is 1. The molecule has 0 spiro atoms. The predicted octanol–water partition coefficient (Wildman–Crippen LogP) is 3.64. The fourth-order valence-electron chi connectivity index (χ4n) is 2.04.